The number of benzene rings is 1. The Balaban J connectivity index is 2.08. The molecule has 8 heteroatoms. The predicted molar refractivity (Wildman–Crippen MR) is 79.9 cm³/mol. The minimum absolute atomic E-state index is 0.0694. The maximum absolute atomic E-state index is 13.8. The summed E-state index contributed by atoms with van der Waals surface area (Å²) in [7, 11) is 0. The second-order valence-corrected chi connectivity index (χ2v) is 5.59. The van der Waals surface area contributed by atoms with Gasteiger partial charge in [-0.1, -0.05) is 13.0 Å². The third-order valence-corrected chi connectivity index (χ3v) is 3.27. The third kappa shape index (κ3) is 3.33. The average Bonchev–Trinajstić information content (AvgIpc) is 2.35. The number of hydroxylamine groups is 2. The van der Waals surface area contributed by atoms with E-state index in [1.54, 1.807) is 20.8 Å². The van der Waals surface area contributed by atoms with Crippen LogP contribution in [0.25, 0.3) is 0 Å². The summed E-state index contributed by atoms with van der Waals surface area (Å²) in [6, 6.07) is 3.45. The van der Waals surface area contributed by atoms with Gasteiger partial charge < -0.3 is 11.5 Å². The van der Waals surface area contributed by atoms with E-state index in [0.717, 1.165) is 6.07 Å². The van der Waals surface area contributed by atoms with Crippen molar-refractivity contribution in [1.82, 2.24) is 5.06 Å². The van der Waals surface area contributed by atoms with Gasteiger partial charge in [-0.3, -0.25) is 4.84 Å². The van der Waals surface area contributed by atoms with Gasteiger partial charge in [0.05, 0.1) is 6.61 Å². The Kier molecular flexibility index (Phi) is 4.32. The molecule has 0 fully saturated rings. The van der Waals surface area contributed by atoms with E-state index in [1.807, 2.05) is 0 Å². The lowest BCUT2D eigenvalue weighted by Gasteiger charge is -2.37. The van der Waals surface area contributed by atoms with Gasteiger partial charge in [0.25, 0.3) is 0 Å². The Morgan fingerprint density at radius 1 is 1.32 bits per heavy atom. The van der Waals surface area contributed by atoms with Gasteiger partial charge in [0.2, 0.25) is 11.9 Å². The molecule has 0 aliphatic carbocycles. The number of nitrogens with two attached hydrogens (primary N) is 2. The molecular weight excluding hydrogens is 292 g/mol. The van der Waals surface area contributed by atoms with Gasteiger partial charge in [-0.2, -0.15) is 10.1 Å². The molecule has 1 aliphatic heterocycles. The highest BCUT2D eigenvalue weighted by Gasteiger charge is 2.33. The lowest BCUT2D eigenvalue weighted by atomic mass is 10.0. The van der Waals surface area contributed by atoms with Gasteiger partial charge in [0.15, 0.2) is 5.66 Å². The molecule has 1 unspecified atom stereocenters. The number of halogens is 2. The first kappa shape index (κ1) is 16.2. The van der Waals surface area contributed by atoms with Crippen molar-refractivity contribution in [3.05, 3.63) is 35.4 Å². The summed E-state index contributed by atoms with van der Waals surface area (Å²) < 4.78 is 26.7. The minimum atomic E-state index is -0.822. The van der Waals surface area contributed by atoms with Crippen LogP contribution in [0.3, 0.4) is 0 Å². The van der Waals surface area contributed by atoms with Crippen LogP contribution in [-0.2, 0) is 4.84 Å². The van der Waals surface area contributed by atoms with E-state index in [1.165, 1.54) is 17.2 Å². The van der Waals surface area contributed by atoms with Crippen LogP contribution in [0.2, 0.25) is 0 Å². The van der Waals surface area contributed by atoms with Crippen LogP contribution in [-0.4, -0.2) is 29.3 Å². The fourth-order valence-electron chi connectivity index (χ4n) is 2.20. The monoisotopic (exact) mass is 311 g/mol. The smallest absolute Gasteiger partial charge is 0.226 e. The molecule has 0 amide bonds. The molecule has 0 aromatic heterocycles. The maximum Gasteiger partial charge on any atom is 0.226 e. The van der Waals surface area contributed by atoms with Gasteiger partial charge >= 0.3 is 0 Å². The summed E-state index contributed by atoms with van der Waals surface area (Å²) in [5.74, 6) is -1.40. The molecule has 0 saturated heterocycles. The molecule has 1 atom stereocenters. The van der Waals surface area contributed by atoms with Crippen molar-refractivity contribution in [3.63, 3.8) is 0 Å². The number of rotatable bonds is 4. The fraction of sp³-hybridized carbons (Fsp3) is 0.429. The standard InChI is InChI=1S/C14H19F2N5O/c1-8(10-5-4-9(15)6-11(10)16)7-22-21-13(18)19-12(17)20-14(21,2)3/h4-6,8H,7H2,1-3H3,(H4,17,18,19,20). The van der Waals surface area contributed by atoms with E-state index in [4.69, 9.17) is 16.3 Å². The van der Waals surface area contributed by atoms with Crippen LogP contribution in [0.15, 0.2) is 28.2 Å². The molecule has 6 nitrogen and oxygen atoms in total. The molecule has 1 aromatic rings. The molecule has 0 spiro atoms. The van der Waals surface area contributed by atoms with Crippen molar-refractivity contribution in [2.75, 3.05) is 6.61 Å². The number of aliphatic imine (C=N–C) groups is 2. The van der Waals surface area contributed by atoms with Crippen LogP contribution in [0, 0.1) is 11.6 Å². The second-order valence-electron chi connectivity index (χ2n) is 5.59. The normalized spacial score (nSPS) is 18.7. The van der Waals surface area contributed by atoms with E-state index < -0.39 is 17.3 Å². The number of hydrogen-bond donors (Lipinski definition) is 2. The van der Waals surface area contributed by atoms with E-state index in [-0.39, 0.29) is 24.4 Å². The highest BCUT2D eigenvalue weighted by atomic mass is 19.1. The van der Waals surface area contributed by atoms with Crippen molar-refractivity contribution in [2.24, 2.45) is 21.5 Å². The summed E-state index contributed by atoms with van der Waals surface area (Å²) in [5, 5.41) is 1.32. The highest BCUT2D eigenvalue weighted by molar-refractivity contribution is 5.95. The van der Waals surface area contributed by atoms with Gasteiger partial charge in [0.1, 0.15) is 11.6 Å². The van der Waals surface area contributed by atoms with Gasteiger partial charge in [-0.05, 0) is 25.5 Å². The quantitative estimate of drug-likeness (QED) is 0.885. The minimum Gasteiger partial charge on any atom is -0.368 e. The SMILES string of the molecule is CC(CON1C(N)=NC(N)=NC1(C)C)c1ccc(F)cc1F. The Morgan fingerprint density at radius 2 is 2.00 bits per heavy atom. The predicted octanol–water partition coefficient (Wildman–Crippen LogP) is 1.68. The average molecular weight is 311 g/mol. The first-order valence-corrected chi connectivity index (χ1v) is 6.78. The molecule has 120 valence electrons. The van der Waals surface area contributed by atoms with Crippen molar-refractivity contribution in [2.45, 2.75) is 32.4 Å². The number of hydrogen-bond acceptors (Lipinski definition) is 6. The van der Waals surface area contributed by atoms with Crippen LogP contribution in [0.4, 0.5) is 8.78 Å². The lowest BCUT2D eigenvalue weighted by molar-refractivity contribution is -0.160. The topological polar surface area (TPSA) is 89.2 Å². The van der Waals surface area contributed by atoms with Crippen LogP contribution in [0.1, 0.15) is 32.3 Å². The zero-order valence-electron chi connectivity index (χ0n) is 12.7. The summed E-state index contributed by atoms with van der Waals surface area (Å²) in [6.45, 7) is 5.39. The van der Waals surface area contributed by atoms with Crippen molar-refractivity contribution in [1.29, 1.82) is 0 Å². The summed E-state index contributed by atoms with van der Waals surface area (Å²) in [5.41, 5.74) is 10.9. The van der Waals surface area contributed by atoms with Crippen LogP contribution < -0.4 is 11.5 Å². The second kappa shape index (κ2) is 5.88. The van der Waals surface area contributed by atoms with E-state index >= 15 is 0 Å². The Morgan fingerprint density at radius 3 is 2.59 bits per heavy atom. The molecule has 0 radical (unpaired) electrons. The largest absolute Gasteiger partial charge is 0.368 e. The molecule has 1 aliphatic rings. The maximum atomic E-state index is 13.8. The summed E-state index contributed by atoms with van der Waals surface area (Å²) in [4.78, 5) is 13.6. The van der Waals surface area contributed by atoms with E-state index in [2.05, 4.69) is 9.98 Å². The summed E-state index contributed by atoms with van der Waals surface area (Å²) in [6.07, 6.45) is 0. The van der Waals surface area contributed by atoms with E-state index in [9.17, 15) is 8.78 Å². The molecule has 0 bridgehead atoms. The van der Waals surface area contributed by atoms with Gasteiger partial charge in [0, 0.05) is 12.0 Å². The van der Waals surface area contributed by atoms with E-state index in [0.29, 0.717) is 5.56 Å². The molecule has 22 heavy (non-hydrogen) atoms. The Hall–Kier alpha value is -2.22. The molecular formula is C14H19F2N5O. The van der Waals surface area contributed by atoms with Crippen LogP contribution >= 0.6 is 0 Å². The van der Waals surface area contributed by atoms with Gasteiger partial charge in [-0.25, -0.2) is 13.8 Å². The fourth-order valence-corrected chi connectivity index (χ4v) is 2.20. The Labute approximate surface area is 127 Å². The van der Waals surface area contributed by atoms with Gasteiger partial charge in [-0.15, -0.1) is 0 Å². The Bertz CT molecular complexity index is 630. The van der Waals surface area contributed by atoms with Crippen LogP contribution in [0.5, 0.6) is 0 Å². The van der Waals surface area contributed by atoms with Crippen molar-refractivity contribution >= 4 is 11.9 Å². The molecule has 2 rings (SSSR count). The molecule has 1 heterocycles. The van der Waals surface area contributed by atoms with Crippen molar-refractivity contribution < 1.29 is 13.6 Å². The first-order valence-electron chi connectivity index (χ1n) is 6.78. The third-order valence-electron chi connectivity index (χ3n) is 3.27. The number of guanidine groups is 2. The molecule has 0 saturated carbocycles. The zero-order valence-corrected chi connectivity index (χ0v) is 12.7. The molecule has 4 N–H and O–H groups in total. The number of nitrogens with zero attached hydrogens (tertiary/aromatic N) is 3. The lowest BCUT2D eigenvalue weighted by Crippen LogP contribution is -2.54. The zero-order chi connectivity index (χ0) is 16.5. The van der Waals surface area contributed by atoms with Crippen molar-refractivity contribution in [3.8, 4) is 0 Å². The first-order chi connectivity index (χ1) is 10.2. The molecule has 1 aromatic carbocycles. The highest BCUT2D eigenvalue weighted by Crippen LogP contribution is 2.24. The summed E-state index contributed by atoms with van der Waals surface area (Å²) >= 11 is 0.